The van der Waals surface area contributed by atoms with E-state index in [1.165, 1.54) is 6.20 Å². The molecule has 0 spiro atoms. The van der Waals surface area contributed by atoms with Crippen LogP contribution in [0.1, 0.15) is 28.9 Å². The number of fused-ring (bicyclic) bond motifs is 1. The van der Waals surface area contributed by atoms with E-state index < -0.39 is 0 Å². The van der Waals surface area contributed by atoms with Crippen LogP contribution in [0.3, 0.4) is 0 Å². The molecule has 0 aromatic carbocycles. The highest BCUT2D eigenvalue weighted by Crippen LogP contribution is 2.19. The molecule has 3 aromatic heterocycles. The Hall–Kier alpha value is -3.51. The van der Waals surface area contributed by atoms with E-state index in [1.807, 2.05) is 26.0 Å². The van der Waals surface area contributed by atoms with Crippen LogP contribution in [0.15, 0.2) is 24.5 Å². The van der Waals surface area contributed by atoms with Crippen LogP contribution in [0.5, 0.6) is 0 Å². The summed E-state index contributed by atoms with van der Waals surface area (Å²) in [7, 11) is 2.12. The number of nitriles is 1. The Labute approximate surface area is 181 Å². The van der Waals surface area contributed by atoms with E-state index in [2.05, 4.69) is 43.3 Å². The van der Waals surface area contributed by atoms with Crippen LogP contribution in [0, 0.1) is 25.2 Å². The molecule has 0 aliphatic carbocycles. The highest BCUT2D eigenvalue weighted by atomic mass is 16.1. The Balaban J connectivity index is 1.38. The van der Waals surface area contributed by atoms with Gasteiger partial charge < -0.3 is 15.1 Å². The number of nitrogens with zero attached hydrogens (tertiary/aromatic N) is 7. The van der Waals surface area contributed by atoms with Crippen LogP contribution < -0.4 is 10.2 Å². The van der Waals surface area contributed by atoms with E-state index in [1.54, 1.807) is 10.7 Å². The third kappa shape index (κ3) is 4.34. The largest absolute Gasteiger partial charge is 0.354 e. The molecule has 4 heterocycles. The molecule has 3 aromatic rings. The molecule has 31 heavy (non-hydrogen) atoms. The van der Waals surface area contributed by atoms with Crippen LogP contribution in [0.25, 0.3) is 5.65 Å². The minimum absolute atomic E-state index is 0.0776. The second-order valence-electron chi connectivity index (χ2n) is 7.91. The highest BCUT2D eigenvalue weighted by Gasteiger charge is 2.16. The van der Waals surface area contributed by atoms with Crippen molar-refractivity contribution >= 4 is 23.1 Å². The number of nitrogens with one attached hydrogen (secondary N) is 1. The number of piperazine rings is 1. The lowest BCUT2D eigenvalue weighted by molar-refractivity contribution is -0.116. The topological polar surface area (TPSA) is 102 Å². The standard InChI is InChI=1S/C22H26N8O/c1-15-19(16(2)30-22(26-15)17(12-23)13-25-30)5-7-21(31)27-18-4-6-20(24-14-18)29-10-8-28(3)9-11-29/h4,6,13-14H,5,7-11H2,1-3H3,(H,27,31). The fourth-order valence-corrected chi connectivity index (χ4v) is 3.90. The number of rotatable bonds is 5. The molecule has 9 heteroatoms. The Morgan fingerprint density at radius 1 is 1.19 bits per heavy atom. The van der Waals surface area contributed by atoms with Crippen molar-refractivity contribution in [1.82, 2.24) is 24.5 Å². The number of pyridine rings is 1. The van der Waals surface area contributed by atoms with Crippen molar-refractivity contribution in [1.29, 1.82) is 5.26 Å². The Morgan fingerprint density at radius 2 is 1.97 bits per heavy atom. The maximum atomic E-state index is 12.5. The Kier molecular flexibility index (Phi) is 5.82. The predicted octanol–water partition coefficient (Wildman–Crippen LogP) is 1.94. The number of hydrogen-bond acceptors (Lipinski definition) is 7. The van der Waals surface area contributed by atoms with Gasteiger partial charge in [-0.2, -0.15) is 10.4 Å². The summed E-state index contributed by atoms with van der Waals surface area (Å²) in [6.07, 6.45) is 4.09. The van der Waals surface area contributed by atoms with E-state index in [-0.39, 0.29) is 5.91 Å². The number of amides is 1. The molecule has 160 valence electrons. The molecule has 0 bridgehead atoms. The molecule has 4 rings (SSSR count). The van der Waals surface area contributed by atoms with Gasteiger partial charge in [-0.3, -0.25) is 4.79 Å². The van der Waals surface area contributed by atoms with Crippen LogP contribution >= 0.6 is 0 Å². The fourth-order valence-electron chi connectivity index (χ4n) is 3.90. The van der Waals surface area contributed by atoms with Crippen molar-refractivity contribution in [3.05, 3.63) is 47.0 Å². The molecular formula is C22H26N8O. The first kappa shape index (κ1) is 20.8. The van der Waals surface area contributed by atoms with E-state index in [9.17, 15) is 10.1 Å². The molecule has 0 atom stereocenters. The van der Waals surface area contributed by atoms with Crippen molar-refractivity contribution in [2.24, 2.45) is 0 Å². The molecule has 1 saturated heterocycles. The smallest absolute Gasteiger partial charge is 0.224 e. The lowest BCUT2D eigenvalue weighted by atomic mass is 10.1. The molecule has 0 saturated carbocycles. The van der Waals surface area contributed by atoms with Crippen molar-refractivity contribution < 1.29 is 4.79 Å². The highest BCUT2D eigenvalue weighted by molar-refractivity contribution is 5.90. The van der Waals surface area contributed by atoms with Crippen molar-refractivity contribution in [3.8, 4) is 6.07 Å². The Morgan fingerprint density at radius 3 is 2.65 bits per heavy atom. The third-order valence-electron chi connectivity index (χ3n) is 5.79. The number of aryl methyl sites for hydroxylation is 2. The van der Waals surface area contributed by atoms with Gasteiger partial charge in [-0.05, 0) is 45.0 Å². The zero-order valence-electron chi connectivity index (χ0n) is 18.1. The number of carbonyl (C=O) groups excluding carboxylic acids is 1. The van der Waals surface area contributed by atoms with Crippen LogP contribution in [-0.4, -0.2) is 63.6 Å². The Bertz CT molecular complexity index is 1140. The van der Waals surface area contributed by atoms with Crippen LogP contribution in [0.2, 0.25) is 0 Å². The summed E-state index contributed by atoms with van der Waals surface area (Å²) < 4.78 is 1.67. The molecule has 1 aliphatic heterocycles. The number of anilines is 2. The van der Waals surface area contributed by atoms with Gasteiger partial charge in [-0.15, -0.1) is 0 Å². The lowest BCUT2D eigenvalue weighted by Gasteiger charge is -2.33. The van der Waals surface area contributed by atoms with E-state index in [0.29, 0.717) is 29.7 Å². The first-order valence-electron chi connectivity index (χ1n) is 10.4. The summed E-state index contributed by atoms with van der Waals surface area (Å²) in [5.41, 5.74) is 4.37. The van der Waals surface area contributed by atoms with E-state index in [4.69, 9.17) is 0 Å². The van der Waals surface area contributed by atoms with Crippen molar-refractivity contribution in [2.45, 2.75) is 26.7 Å². The molecular weight excluding hydrogens is 392 g/mol. The number of likely N-dealkylation sites (N-methyl/N-ethyl adjacent to an activating group) is 1. The minimum atomic E-state index is -0.0776. The second-order valence-corrected chi connectivity index (χ2v) is 7.91. The van der Waals surface area contributed by atoms with Crippen LogP contribution in [-0.2, 0) is 11.2 Å². The SMILES string of the molecule is Cc1nc2c(C#N)cnn2c(C)c1CCC(=O)Nc1ccc(N2CCN(C)CC2)nc1. The molecule has 1 fully saturated rings. The zero-order chi connectivity index (χ0) is 22.0. The van der Waals surface area contributed by atoms with Gasteiger partial charge in [0.15, 0.2) is 5.65 Å². The molecule has 0 radical (unpaired) electrons. The quantitative estimate of drug-likeness (QED) is 0.675. The fraction of sp³-hybridized carbons (Fsp3) is 0.409. The van der Waals surface area contributed by atoms with Gasteiger partial charge in [0.25, 0.3) is 0 Å². The molecule has 9 nitrogen and oxygen atoms in total. The molecule has 1 amide bonds. The third-order valence-corrected chi connectivity index (χ3v) is 5.79. The summed E-state index contributed by atoms with van der Waals surface area (Å²) in [5, 5.41) is 16.4. The lowest BCUT2D eigenvalue weighted by Crippen LogP contribution is -2.44. The molecule has 0 unspecified atom stereocenters. The van der Waals surface area contributed by atoms with E-state index in [0.717, 1.165) is 48.9 Å². The van der Waals surface area contributed by atoms with Gasteiger partial charge in [0.1, 0.15) is 17.5 Å². The van der Waals surface area contributed by atoms with Gasteiger partial charge in [-0.25, -0.2) is 14.5 Å². The van der Waals surface area contributed by atoms with Crippen molar-refractivity contribution in [2.75, 3.05) is 43.4 Å². The summed E-state index contributed by atoms with van der Waals surface area (Å²) in [6, 6.07) is 5.96. The maximum absolute atomic E-state index is 12.5. The molecule has 1 N–H and O–H groups in total. The summed E-state index contributed by atoms with van der Waals surface area (Å²) in [5.74, 6) is 0.860. The van der Waals surface area contributed by atoms with Gasteiger partial charge in [0.2, 0.25) is 5.91 Å². The summed E-state index contributed by atoms with van der Waals surface area (Å²) in [4.78, 5) is 26.1. The van der Waals surface area contributed by atoms with Gasteiger partial charge >= 0.3 is 0 Å². The van der Waals surface area contributed by atoms with Crippen LogP contribution in [0.4, 0.5) is 11.5 Å². The van der Waals surface area contributed by atoms with Gasteiger partial charge in [0.05, 0.1) is 18.1 Å². The maximum Gasteiger partial charge on any atom is 0.224 e. The number of aromatic nitrogens is 4. The second kappa shape index (κ2) is 8.70. The summed E-state index contributed by atoms with van der Waals surface area (Å²) >= 11 is 0. The monoisotopic (exact) mass is 418 g/mol. The first-order chi connectivity index (χ1) is 15.0. The zero-order valence-corrected chi connectivity index (χ0v) is 18.1. The van der Waals surface area contributed by atoms with Gasteiger partial charge in [0, 0.05) is 44.0 Å². The normalized spacial score (nSPS) is 14.6. The van der Waals surface area contributed by atoms with Gasteiger partial charge in [-0.1, -0.05) is 0 Å². The first-order valence-corrected chi connectivity index (χ1v) is 10.4. The van der Waals surface area contributed by atoms with Crippen molar-refractivity contribution in [3.63, 3.8) is 0 Å². The minimum Gasteiger partial charge on any atom is -0.354 e. The summed E-state index contributed by atoms with van der Waals surface area (Å²) in [6.45, 7) is 7.79. The predicted molar refractivity (Wildman–Crippen MR) is 118 cm³/mol. The van der Waals surface area contributed by atoms with E-state index >= 15 is 0 Å². The average molecular weight is 419 g/mol. The number of hydrogen-bond donors (Lipinski definition) is 1. The molecule has 1 aliphatic rings. The number of carbonyl (C=O) groups is 1. The average Bonchev–Trinajstić information content (AvgIpc) is 3.17.